The maximum absolute atomic E-state index is 12.4. The summed E-state index contributed by atoms with van der Waals surface area (Å²) in [4.78, 5) is 18.8. The summed E-state index contributed by atoms with van der Waals surface area (Å²) in [5.41, 5.74) is 1.95. The molecule has 1 fully saturated rings. The number of rotatable bonds is 6. The summed E-state index contributed by atoms with van der Waals surface area (Å²) in [7, 11) is 0. The quantitative estimate of drug-likeness (QED) is 0.890. The van der Waals surface area contributed by atoms with E-state index in [4.69, 9.17) is 5.11 Å². The van der Waals surface area contributed by atoms with E-state index in [1.165, 1.54) is 6.42 Å². The Morgan fingerprint density at radius 3 is 2.90 bits per heavy atom. The molecule has 112 valence electrons. The lowest BCUT2D eigenvalue weighted by atomic mass is 9.91. The van der Waals surface area contributed by atoms with Crippen LogP contribution in [0.25, 0.3) is 10.6 Å². The molecule has 3 rings (SSSR count). The van der Waals surface area contributed by atoms with Crippen LogP contribution in [0.4, 0.5) is 0 Å². The minimum atomic E-state index is 0.0272. The summed E-state index contributed by atoms with van der Waals surface area (Å²) >= 11 is 3.23. The summed E-state index contributed by atoms with van der Waals surface area (Å²) in [5, 5.41) is 16.2. The summed E-state index contributed by atoms with van der Waals surface area (Å²) in [6.07, 6.45) is 3.63. The number of aliphatic hydroxyl groups is 1. The predicted octanol–water partition coefficient (Wildman–Crippen LogP) is 2.79. The SMILES string of the molecule is O=C(Cc1csc(-c2ccsc2)n1)N(CCO)C1CCC1. The predicted molar refractivity (Wildman–Crippen MR) is 85.6 cm³/mol. The summed E-state index contributed by atoms with van der Waals surface area (Å²) in [5.74, 6) is 0.0796. The van der Waals surface area contributed by atoms with Crippen molar-refractivity contribution in [1.82, 2.24) is 9.88 Å². The van der Waals surface area contributed by atoms with Crippen molar-refractivity contribution in [2.45, 2.75) is 31.7 Å². The zero-order valence-electron chi connectivity index (χ0n) is 11.7. The van der Waals surface area contributed by atoms with Gasteiger partial charge in [0, 0.05) is 28.9 Å². The fraction of sp³-hybridized carbons (Fsp3) is 0.467. The van der Waals surface area contributed by atoms with Gasteiger partial charge in [0.2, 0.25) is 5.91 Å². The van der Waals surface area contributed by atoms with E-state index in [1.807, 2.05) is 21.7 Å². The average Bonchev–Trinajstić information content (AvgIpc) is 3.06. The number of amides is 1. The maximum Gasteiger partial charge on any atom is 0.228 e. The molecule has 0 saturated heterocycles. The van der Waals surface area contributed by atoms with Crippen molar-refractivity contribution in [1.29, 1.82) is 0 Å². The molecule has 1 amide bonds. The molecule has 6 heteroatoms. The minimum absolute atomic E-state index is 0.0272. The van der Waals surface area contributed by atoms with Crippen molar-refractivity contribution in [3.63, 3.8) is 0 Å². The number of carbonyl (C=O) groups is 1. The van der Waals surface area contributed by atoms with Gasteiger partial charge in [-0.1, -0.05) is 0 Å². The van der Waals surface area contributed by atoms with E-state index in [2.05, 4.69) is 10.4 Å². The van der Waals surface area contributed by atoms with E-state index < -0.39 is 0 Å². The van der Waals surface area contributed by atoms with E-state index in [-0.39, 0.29) is 12.5 Å². The number of aliphatic hydroxyl groups excluding tert-OH is 1. The normalized spacial score (nSPS) is 14.9. The zero-order chi connectivity index (χ0) is 14.7. The van der Waals surface area contributed by atoms with Crippen LogP contribution < -0.4 is 0 Å². The average molecular weight is 322 g/mol. The van der Waals surface area contributed by atoms with Crippen LogP contribution in [0.3, 0.4) is 0 Å². The van der Waals surface area contributed by atoms with Gasteiger partial charge in [0.1, 0.15) is 5.01 Å². The van der Waals surface area contributed by atoms with Gasteiger partial charge in [-0.3, -0.25) is 4.79 Å². The lowest BCUT2D eigenvalue weighted by Gasteiger charge is -2.37. The molecule has 0 atom stereocenters. The standard InChI is InChI=1S/C15H18N2O2S2/c18-6-5-17(13-2-1-3-13)14(19)8-12-10-21-15(16-12)11-4-7-20-9-11/h4,7,9-10,13,18H,1-3,5-6,8H2. The molecule has 0 spiro atoms. The van der Waals surface area contributed by atoms with Gasteiger partial charge in [-0.15, -0.1) is 11.3 Å². The molecule has 0 aliphatic heterocycles. The molecular weight excluding hydrogens is 304 g/mol. The van der Waals surface area contributed by atoms with Crippen LogP contribution in [0, 0.1) is 0 Å². The van der Waals surface area contributed by atoms with Crippen LogP contribution in [-0.4, -0.2) is 40.1 Å². The van der Waals surface area contributed by atoms with E-state index in [1.54, 1.807) is 22.7 Å². The molecule has 1 aliphatic rings. The van der Waals surface area contributed by atoms with Crippen LogP contribution in [-0.2, 0) is 11.2 Å². The monoisotopic (exact) mass is 322 g/mol. The molecule has 1 aliphatic carbocycles. The van der Waals surface area contributed by atoms with Crippen molar-refractivity contribution in [3.8, 4) is 10.6 Å². The molecule has 0 bridgehead atoms. The van der Waals surface area contributed by atoms with E-state index in [9.17, 15) is 4.79 Å². The number of thiophene rings is 1. The Hall–Kier alpha value is -1.24. The summed E-state index contributed by atoms with van der Waals surface area (Å²) < 4.78 is 0. The summed E-state index contributed by atoms with van der Waals surface area (Å²) in [6, 6.07) is 2.36. The molecule has 2 heterocycles. The van der Waals surface area contributed by atoms with Crippen LogP contribution in [0.2, 0.25) is 0 Å². The molecular formula is C15H18N2O2S2. The fourth-order valence-corrected chi connectivity index (χ4v) is 4.01. The molecule has 0 radical (unpaired) electrons. The Balaban J connectivity index is 1.66. The fourth-order valence-electron chi connectivity index (χ4n) is 2.48. The number of carbonyl (C=O) groups excluding carboxylic acids is 1. The molecule has 21 heavy (non-hydrogen) atoms. The number of aromatic nitrogens is 1. The van der Waals surface area contributed by atoms with Gasteiger partial charge in [-0.05, 0) is 30.7 Å². The lowest BCUT2D eigenvalue weighted by Crippen LogP contribution is -2.46. The third-order valence-corrected chi connectivity index (χ3v) is 5.45. The number of hydrogen-bond acceptors (Lipinski definition) is 5. The topological polar surface area (TPSA) is 53.4 Å². The first-order chi connectivity index (χ1) is 10.3. The first-order valence-corrected chi connectivity index (χ1v) is 8.97. The second kappa shape index (κ2) is 6.68. The van der Waals surface area contributed by atoms with Gasteiger partial charge >= 0.3 is 0 Å². The molecule has 0 aromatic carbocycles. The van der Waals surface area contributed by atoms with Gasteiger partial charge in [0.05, 0.1) is 18.7 Å². The van der Waals surface area contributed by atoms with Gasteiger partial charge < -0.3 is 10.0 Å². The Morgan fingerprint density at radius 2 is 2.29 bits per heavy atom. The second-order valence-corrected chi connectivity index (χ2v) is 6.87. The molecule has 2 aromatic heterocycles. The number of nitrogens with zero attached hydrogens (tertiary/aromatic N) is 2. The van der Waals surface area contributed by atoms with Crippen LogP contribution >= 0.6 is 22.7 Å². The zero-order valence-corrected chi connectivity index (χ0v) is 13.3. The van der Waals surface area contributed by atoms with E-state index in [0.29, 0.717) is 19.0 Å². The Morgan fingerprint density at radius 1 is 1.43 bits per heavy atom. The third kappa shape index (κ3) is 3.33. The number of thiazole rings is 1. The Labute approximate surface area is 132 Å². The first-order valence-electron chi connectivity index (χ1n) is 7.15. The Bertz CT molecular complexity index is 591. The van der Waals surface area contributed by atoms with E-state index in [0.717, 1.165) is 29.1 Å². The maximum atomic E-state index is 12.4. The highest BCUT2D eigenvalue weighted by Gasteiger charge is 2.28. The smallest absolute Gasteiger partial charge is 0.228 e. The first kappa shape index (κ1) is 14.7. The molecule has 0 unspecified atom stereocenters. The van der Waals surface area contributed by atoms with Crippen molar-refractivity contribution in [2.24, 2.45) is 0 Å². The molecule has 1 N–H and O–H groups in total. The highest BCUT2D eigenvalue weighted by atomic mass is 32.1. The largest absolute Gasteiger partial charge is 0.395 e. The molecule has 4 nitrogen and oxygen atoms in total. The van der Waals surface area contributed by atoms with Gasteiger partial charge in [-0.25, -0.2) is 4.98 Å². The van der Waals surface area contributed by atoms with E-state index >= 15 is 0 Å². The van der Waals surface area contributed by atoms with Crippen LogP contribution in [0.15, 0.2) is 22.2 Å². The van der Waals surface area contributed by atoms with Gasteiger partial charge in [0.15, 0.2) is 0 Å². The lowest BCUT2D eigenvalue weighted by molar-refractivity contribution is -0.135. The summed E-state index contributed by atoms with van der Waals surface area (Å²) in [6.45, 7) is 0.463. The van der Waals surface area contributed by atoms with Crippen molar-refractivity contribution >= 4 is 28.6 Å². The molecule has 1 saturated carbocycles. The Kier molecular flexibility index (Phi) is 4.67. The van der Waals surface area contributed by atoms with Gasteiger partial charge in [0.25, 0.3) is 0 Å². The highest BCUT2D eigenvalue weighted by Crippen LogP contribution is 2.27. The van der Waals surface area contributed by atoms with Gasteiger partial charge in [-0.2, -0.15) is 11.3 Å². The third-order valence-electron chi connectivity index (χ3n) is 3.83. The van der Waals surface area contributed by atoms with Crippen LogP contribution in [0.1, 0.15) is 25.0 Å². The van der Waals surface area contributed by atoms with Crippen LogP contribution in [0.5, 0.6) is 0 Å². The number of hydrogen-bond donors (Lipinski definition) is 1. The highest BCUT2D eigenvalue weighted by molar-refractivity contribution is 7.14. The van der Waals surface area contributed by atoms with Crippen molar-refractivity contribution in [2.75, 3.05) is 13.2 Å². The minimum Gasteiger partial charge on any atom is -0.395 e. The van der Waals surface area contributed by atoms with Crippen molar-refractivity contribution in [3.05, 3.63) is 27.9 Å². The molecule has 2 aromatic rings. The second-order valence-electron chi connectivity index (χ2n) is 5.23. The van der Waals surface area contributed by atoms with Crippen molar-refractivity contribution < 1.29 is 9.90 Å².